The fourth-order valence-corrected chi connectivity index (χ4v) is 2.97. The molecule has 2 aromatic rings. The Morgan fingerprint density at radius 1 is 1.00 bits per heavy atom. The highest BCUT2D eigenvalue weighted by Gasteiger charge is 2.09. The van der Waals surface area contributed by atoms with E-state index in [1.54, 1.807) is 7.11 Å². The average molecular weight is 358 g/mol. The number of aryl methyl sites for hydroxylation is 2. The fourth-order valence-electron chi connectivity index (χ4n) is 2.25. The van der Waals surface area contributed by atoms with Gasteiger partial charge in [-0.15, -0.1) is 11.8 Å². The van der Waals surface area contributed by atoms with Crippen molar-refractivity contribution in [3.05, 3.63) is 53.6 Å². The molecule has 5 nitrogen and oxygen atoms in total. The third-order valence-corrected chi connectivity index (χ3v) is 4.63. The maximum atomic E-state index is 12.0. The summed E-state index contributed by atoms with van der Waals surface area (Å²) in [5.41, 5.74) is 2.79. The minimum Gasteiger partial charge on any atom is -0.497 e. The summed E-state index contributed by atoms with van der Waals surface area (Å²) in [6, 6.07) is 13.3. The molecule has 2 N–H and O–H groups in total. The van der Waals surface area contributed by atoms with Gasteiger partial charge in [0.2, 0.25) is 11.8 Å². The Morgan fingerprint density at radius 2 is 1.64 bits per heavy atom. The van der Waals surface area contributed by atoms with Crippen LogP contribution in [-0.2, 0) is 9.59 Å². The number of anilines is 1. The van der Waals surface area contributed by atoms with Crippen LogP contribution in [0.5, 0.6) is 5.75 Å². The molecule has 0 spiro atoms. The van der Waals surface area contributed by atoms with Gasteiger partial charge in [-0.3, -0.25) is 9.59 Å². The summed E-state index contributed by atoms with van der Waals surface area (Å²) >= 11 is 1.41. The Bertz CT molecular complexity index is 725. The lowest BCUT2D eigenvalue weighted by atomic mass is 10.1. The van der Waals surface area contributed by atoms with Crippen LogP contribution in [0.3, 0.4) is 0 Å². The molecule has 2 aromatic carbocycles. The second-order valence-electron chi connectivity index (χ2n) is 5.56. The van der Waals surface area contributed by atoms with Crippen LogP contribution in [0.4, 0.5) is 5.69 Å². The number of rotatable bonds is 7. The molecule has 0 fully saturated rings. The van der Waals surface area contributed by atoms with Crippen molar-refractivity contribution in [3.63, 3.8) is 0 Å². The third kappa shape index (κ3) is 5.83. The minimum atomic E-state index is -0.236. The molecule has 0 saturated carbocycles. The van der Waals surface area contributed by atoms with Gasteiger partial charge < -0.3 is 15.4 Å². The number of para-hydroxylation sites is 1. The van der Waals surface area contributed by atoms with Crippen LogP contribution >= 0.6 is 11.8 Å². The maximum absolute atomic E-state index is 12.0. The van der Waals surface area contributed by atoms with Crippen LogP contribution in [0.2, 0.25) is 0 Å². The predicted octanol–water partition coefficient (Wildman–Crippen LogP) is 3.16. The molecule has 0 aliphatic rings. The molecule has 0 unspecified atom stereocenters. The lowest BCUT2D eigenvalue weighted by Crippen LogP contribution is -2.34. The van der Waals surface area contributed by atoms with Gasteiger partial charge in [-0.1, -0.05) is 18.2 Å². The Kier molecular flexibility index (Phi) is 6.89. The van der Waals surface area contributed by atoms with Crippen LogP contribution in [0.25, 0.3) is 0 Å². The summed E-state index contributed by atoms with van der Waals surface area (Å²) in [6.45, 7) is 3.83. The zero-order chi connectivity index (χ0) is 18.2. The van der Waals surface area contributed by atoms with Crippen LogP contribution in [-0.4, -0.2) is 31.2 Å². The van der Waals surface area contributed by atoms with Crippen molar-refractivity contribution >= 4 is 29.3 Å². The summed E-state index contributed by atoms with van der Waals surface area (Å²) in [5, 5.41) is 5.48. The molecule has 0 radical (unpaired) electrons. The van der Waals surface area contributed by atoms with E-state index >= 15 is 0 Å². The number of benzene rings is 2. The van der Waals surface area contributed by atoms with E-state index in [9.17, 15) is 9.59 Å². The number of carbonyl (C=O) groups is 2. The van der Waals surface area contributed by atoms with E-state index in [1.807, 2.05) is 56.3 Å². The van der Waals surface area contributed by atoms with Crippen molar-refractivity contribution in [2.75, 3.05) is 24.7 Å². The number of thioether (sulfide) groups is 1. The highest BCUT2D eigenvalue weighted by atomic mass is 32.2. The van der Waals surface area contributed by atoms with E-state index in [4.69, 9.17) is 4.74 Å². The Hall–Kier alpha value is -2.47. The Balaban J connectivity index is 1.76. The van der Waals surface area contributed by atoms with Crippen molar-refractivity contribution in [1.29, 1.82) is 0 Å². The molecule has 2 rings (SSSR count). The highest BCUT2D eigenvalue weighted by Crippen LogP contribution is 2.21. The zero-order valence-corrected chi connectivity index (χ0v) is 15.4. The number of hydrogen-bond donors (Lipinski definition) is 2. The van der Waals surface area contributed by atoms with Crippen molar-refractivity contribution in [1.82, 2.24) is 5.32 Å². The van der Waals surface area contributed by atoms with Gasteiger partial charge >= 0.3 is 0 Å². The van der Waals surface area contributed by atoms with Gasteiger partial charge in [0.15, 0.2) is 0 Å². The van der Waals surface area contributed by atoms with Crippen molar-refractivity contribution in [3.8, 4) is 5.75 Å². The highest BCUT2D eigenvalue weighted by molar-refractivity contribution is 8.00. The monoisotopic (exact) mass is 358 g/mol. The summed E-state index contributed by atoms with van der Waals surface area (Å²) in [5.74, 6) is 0.609. The first-order valence-electron chi connectivity index (χ1n) is 7.89. The van der Waals surface area contributed by atoms with Crippen molar-refractivity contribution in [2.24, 2.45) is 0 Å². The first-order valence-corrected chi connectivity index (χ1v) is 8.88. The van der Waals surface area contributed by atoms with Crippen LogP contribution < -0.4 is 15.4 Å². The molecule has 0 aromatic heterocycles. The van der Waals surface area contributed by atoms with Crippen LogP contribution in [0.1, 0.15) is 11.1 Å². The van der Waals surface area contributed by atoms with Gasteiger partial charge in [-0.2, -0.15) is 0 Å². The number of amides is 2. The molecular weight excluding hydrogens is 336 g/mol. The summed E-state index contributed by atoms with van der Waals surface area (Å²) in [7, 11) is 1.61. The molecule has 0 aliphatic heterocycles. The molecule has 0 aliphatic carbocycles. The second-order valence-corrected chi connectivity index (χ2v) is 6.60. The number of ether oxygens (including phenoxy) is 1. The van der Waals surface area contributed by atoms with Crippen LogP contribution in [0, 0.1) is 13.8 Å². The number of hydrogen-bond acceptors (Lipinski definition) is 4. The largest absolute Gasteiger partial charge is 0.497 e. The summed E-state index contributed by atoms with van der Waals surface area (Å²) in [4.78, 5) is 24.9. The Morgan fingerprint density at radius 3 is 2.24 bits per heavy atom. The number of carbonyl (C=O) groups excluding carboxylic acids is 2. The van der Waals surface area contributed by atoms with Gasteiger partial charge in [0.1, 0.15) is 5.75 Å². The second kappa shape index (κ2) is 9.13. The number of methoxy groups -OCH3 is 1. The first kappa shape index (κ1) is 18.9. The van der Waals surface area contributed by atoms with E-state index in [0.717, 1.165) is 27.5 Å². The smallest absolute Gasteiger partial charge is 0.243 e. The van der Waals surface area contributed by atoms with Crippen molar-refractivity contribution < 1.29 is 14.3 Å². The molecule has 6 heteroatoms. The molecular formula is C19H22N2O3S. The lowest BCUT2D eigenvalue weighted by molar-refractivity contribution is -0.122. The summed E-state index contributed by atoms with van der Waals surface area (Å²) < 4.78 is 5.09. The molecule has 25 heavy (non-hydrogen) atoms. The normalized spacial score (nSPS) is 10.2. The van der Waals surface area contributed by atoms with Crippen LogP contribution in [0.15, 0.2) is 47.4 Å². The summed E-state index contributed by atoms with van der Waals surface area (Å²) in [6.07, 6.45) is 0. The maximum Gasteiger partial charge on any atom is 0.243 e. The van der Waals surface area contributed by atoms with Gasteiger partial charge in [0.25, 0.3) is 0 Å². The quantitative estimate of drug-likeness (QED) is 0.746. The Labute approximate surface area is 152 Å². The van der Waals surface area contributed by atoms with Crippen molar-refractivity contribution in [2.45, 2.75) is 18.7 Å². The zero-order valence-electron chi connectivity index (χ0n) is 14.6. The fraction of sp³-hybridized carbons (Fsp3) is 0.263. The average Bonchev–Trinajstić information content (AvgIpc) is 2.62. The topological polar surface area (TPSA) is 67.4 Å². The standard InChI is InChI=1S/C19H22N2O3S/c1-13-5-4-6-14(2)19(13)21-17(22)11-20-18(23)12-25-16-9-7-15(24-3)8-10-16/h4-10H,11-12H2,1-3H3,(H,20,23)(H,21,22). The predicted molar refractivity (Wildman–Crippen MR) is 101 cm³/mol. The van der Waals surface area contributed by atoms with Gasteiger partial charge in [-0.25, -0.2) is 0 Å². The van der Waals surface area contributed by atoms with Gasteiger partial charge in [0, 0.05) is 10.6 Å². The molecule has 132 valence electrons. The van der Waals surface area contributed by atoms with Gasteiger partial charge in [-0.05, 0) is 49.2 Å². The molecule has 0 atom stereocenters. The molecule has 0 heterocycles. The van der Waals surface area contributed by atoms with E-state index in [1.165, 1.54) is 11.8 Å². The first-order chi connectivity index (χ1) is 12.0. The lowest BCUT2D eigenvalue weighted by Gasteiger charge is -2.12. The SMILES string of the molecule is COc1ccc(SCC(=O)NCC(=O)Nc2c(C)cccc2C)cc1. The van der Waals surface area contributed by atoms with E-state index in [0.29, 0.717) is 0 Å². The third-order valence-electron chi connectivity index (χ3n) is 3.62. The van der Waals surface area contributed by atoms with E-state index < -0.39 is 0 Å². The molecule has 0 saturated heterocycles. The number of nitrogens with one attached hydrogen (secondary N) is 2. The molecule has 2 amide bonds. The molecule has 0 bridgehead atoms. The van der Waals surface area contributed by atoms with Gasteiger partial charge in [0.05, 0.1) is 19.4 Å². The van der Waals surface area contributed by atoms with E-state index in [2.05, 4.69) is 10.6 Å². The minimum absolute atomic E-state index is 0.0459. The van der Waals surface area contributed by atoms with E-state index in [-0.39, 0.29) is 24.1 Å².